The van der Waals surface area contributed by atoms with E-state index in [9.17, 15) is 0 Å². The Kier molecular flexibility index (Phi) is 4.64. The number of hydrogen-bond donors (Lipinski definition) is 1. The maximum atomic E-state index is 5.95. The molecule has 1 heterocycles. The third-order valence-corrected chi connectivity index (χ3v) is 5.73. The van der Waals surface area contributed by atoms with Crippen molar-refractivity contribution in [1.82, 2.24) is 4.98 Å². The molecule has 0 radical (unpaired) electrons. The SMILES string of the molecule is CC(N)Cc1ccc(Br)cc1Sc1nc2ccccc2s1. The molecule has 1 unspecified atom stereocenters. The second-order valence-corrected chi connectivity index (χ2v) is 8.22. The number of rotatable bonds is 4. The molecular weight excluding hydrogens is 364 g/mol. The van der Waals surface area contributed by atoms with Crippen LogP contribution in [0.25, 0.3) is 10.2 Å². The Hall–Kier alpha value is -0.880. The van der Waals surface area contributed by atoms with Crippen molar-refractivity contribution in [2.75, 3.05) is 0 Å². The summed E-state index contributed by atoms with van der Waals surface area (Å²) in [7, 11) is 0. The molecule has 0 fully saturated rings. The highest BCUT2D eigenvalue weighted by molar-refractivity contribution is 9.10. The molecule has 0 saturated carbocycles. The van der Waals surface area contributed by atoms with E-state index in [0.717, 1.165) is 20.7 Å². The van der Waals surface area contributed by atoms with E-state index in [-0.39, 0.29) is 6.04 Å². The lowest BCUT2D eigenvalue weighted by molar-refractivity contribution is 0.729. The van der Waals surface area contributed by atoms with Crippen LogP contribution in [0.5, 0.6) is 0 Å². The summed E-state index contributed by atoms with van der Waals surface area (Å²) in [6.45, 7) is 2.04. The number of nitrogens with two attached hydrogens (primary N) is 1. The second kappa shape index (κ2) is 6.48. The van der Waals surface area contributed by atoms with Gasteiger partial charge in [-0.25, -0.2) is 4.98 Å². The Bertz CT molecular complexity index is 735. The summed E-state index contributed by atoms with van der Waals surface area (Å²) in [6, 6.07) is 14.8. The lowest BCUT2D eigenvalue weighted by atomic mass is 10.1. The van der Waals surface area contributed by atoms with E-state index in [1.54, 1.807) is 23.1 Å². The van der Waals surface area contributed by atoms with Crippen molar-refractivity contribution in [3.05, 3.63) is 52.5 Å². The highest BCUT2D eigenvalue weighted by Gasteiger charge is 2.10. The minimum Gasteiger partial charge on any atom is -0.328 e. The number of fused-ring (bicyclic) bond motifs is 1. The third-order valence-electron chi connectivity index (χ3n) is 3.04. The molecular formula is C16H15BrN2S2. The van der Waals surface area contributed by atoms with E-state index >= 15 is 0 Å². The van der Waals surface area contributed by atoms with Crippen LogP contribution >= 0.6 is 39.0 Å². The van der Waals surface area contributed by atoms with Crippen molar-refractivity contribution in [3.8, 4) is 0 Å². The largest absolute Gasteiger partial charge is 0.328 e. The first-order valence-corrected chi connectivity index (χ1v) is 9.12. The second-order valence-electron chi connectivity index (χ2n) is 4.98. The Morgan fingerprint density at radius 1 is 1.29 bits per heavy atom. The molecule has 0 amide bonds. The van der Waals surface area contributed by atoms with Gasteiger partial charge in [0.15, 0.2) is 4.34 Å². The number of aromatic nitrogens is 1. The summed E-state index contributed by atoms with van der Waals surface area (Å²) >= 11 is 7.00. The molecule has 0 aliphatic rings. The van der Waals surface area contributed by atoms with Gasteiger partial charge in [-0.15, -0.1) is 11.3 Å². The van der Waals surface area contributed by atoms with Gasteiger partial charge in [-0.05, 0) is 43.2 Å². The fraction of sp³-hybridized carbons (Fsp3) is 0.188. The van der Waals surface area contributed by atoms with Gasteiger partial charge < -0.3 is 5.73 Å². The van der Waals surface area contributed by atoms with Gasteiger partial charge in [-0.3, -0.25) is 0 Å². The highest BCUT2D eigenvalue weighted by atomic mass is 79.9. The van der Waals surface area contributed by atoms with E-state index in [1.165, 1.54) is 15.2 Å². The van der Waals surface area contributed by atoms with Gasteiger partial charge in [0.1, 0.15) is 0 Å². The van der Waals surface area contributed by atoms with Gasteiger partial charge in [0.25, 0.3) is 0 Å². The standard InChI is InChI=1S/C16H15BrN2S2/c1-10(18)8-11-6-7-12(17)9-15(11)21-16-19-13-4-2-3-5-14(13)20-16/h2-7,9-10H,8,18H2,1H3. The number of nitrogens with zero attached hydrogens (tertiary/aromatic N) is 1. The Labute approximate surface area is 140 Å². The molecule has 21 heavy (non-hydrogen) atoms. The summed E-state index contributed by atoms with van der Waals surface area (Å²) in [4.78, 5) is 5.92. The molecule has 3 aromatic rings. The first-order chi connectivity index (χ1) is 10.1. The van der Waals surface area contributed by atoms with Gasteiger partial charge in [0.2, 0.25) is 0 Å². The predicted molar refractivity (Wildman–Crippen MR) is 95.2 cm³/mol. The monoisotopic (exact) mass is 378 g/mol. The normalized spacial score (nSPS) is 12.7. The van der Waals surface area contributed by atoms with Crippen molar-refractivity contribution in [3.63, 3.8) is 0 Å². The molecule has 1 atom stereocenters. The van der Waals surface area contributed by atoms with Gasteiger partial charge in [0, 0.05) is 15.4 Å². The topological polar surface area (TPSA) is 38.9 Å². The van der Waals surface area contributed by atoms with Crippen LogP contribution in [0.1, 0.15) is 12.5 Å². The molecule has 0 aliphatic heterocycles. The molecule has 0 aliphatic carbocycles. The average Bonchev–Trinajstić information content (AvgIpc) is 2.83. The van der Waals surface area contributed by atoms with Crippen LogP contribution in [0, 0.1) is 0 Å². The minimum atomic E-state index is 0.154. The van der Waals surface area contributed by atoms with Gasteiger partial charge >= 0.3 is 0 Å². The maximum absolute atomic E-state index is 5.95. The zero-order valence-electron chi connectivity index (χ0n) is 11.5. The van der Waals surface area contributed by atoms with E-state index < -0.39 is 0 Å². The van der Waals surface area contributed by atoms with Gasteiger partial charge in [0.05, 0.1) is 10.2 Å². The average molecular weight is 379 g/mol. The molecule has 2 nitrogen and oxygen atoms in total. The third kappa shape index (κ3) is 3.66. The lowest BCUT2D eigenvalue weighted by Gasteiger charge is -2.10. The molecule has 0 spiro atoms. The summed E-state index contributed by atoms with van der Waals surface area (Å²) in [5, 5.41) is 0. The molecule has 0 saturated heterocycles. The van der Waals surface area contributed by atoms with Crippen LogP contribution < -0.4 is 5.73 Å². The molecule has 2 aromatic carbocycles. The van der Waals surface area contributed by atoms with Crippen LogP contribution in [-0.2, 0) is 6.42 Å². The smallest absolute Gasteiger partial charge is 0.155 e. The molecule has 3 rings (SSSR count). The fourth-order valence-corrected chi connectivity index (χ4v) is 4.84. The van der Waals surface area contributed by atoms with Crippen molar-refractivity contribution in [1.29, 1.82) is 0 Å². The zero-order chi connectivity index (χ0) is 14.8. The number of thiazole rings is 1. The molecule has 5 heteroatoms. The minimum absolute atomic E-state index is 0.154. The first kappa shape index (κ1) is 15.0. The molecule has 1 aromatic heterocycles. The number of halogens is 1. The van der Waals surface area contributed by atoms with Crippen molar-refractivity contribution < 1.29 is 0 Å². The van der Waals surface area contributed by atoms with Crippen LogP contribution in [0.4, 0.5) is 0 Å². The zero-order valence-corrected chi connectivity index (χ0v) is 14.8. The molecule has 0 bridgehead atoms. The summed E-state index contributed by atoms with van der Waals surface area (Å²) < 4.78 is 3.38. The van der Waals surface area contributed by atoms with E-state index in [0.29, 0.717) is 0 Å². The van der Waals surface area contributed by atoms with E-state index in [2.05, 4.69) is 52.3 Å². The molecule has 2 N–H and O–H groups in total. The van der Waals surface area contributed by atoms with Crippen molar-refractivity contribution in [2.45, 2.75) is 28.6 Å². The first-order valence-electron chi connectivity index (χ1n) is 6.69. The summed E-state index contributed by atoms with van der Waals surface area (Å²) in [5.41, 5.74) is 8.29. The van der Waals surface area contributed by atoms with Crippen LogP contribution in [0.15, 0.2) is 56.2 Å². The van der Waals surface area contributed by atoms with E-state index in [4.69, 9.17) is 10.7 Å². The van der Waals surface area contributed by atoms with Crippen molar-refractivity contribution in [2.24, 2.45) is 5.73 Å². The van der Waals surface area contributed by atoms with Crippen LogP contribution in [0.2, 0.25) is 0 Å². The number of hydrogen-bond acceptors (Lipinski definition) is 4. The fourth-order valence-electron chi connectivity index (χ4n) is 2.13. The Balaban J connectivity index is 1.94. The number of benzene rings is 2. The summed E-state index contributed by atoms with van der Waals surface area (Å²) in [5.74, 6) is 0. The quantitative estimate of drug-likeness (QED) is 0.686. The van der Waals surface area contributed by atoms with Crippen molar-refractivity contribution >= 4 is 49.2 Å². The highest BCUT2D eigenvalue weighted by Crippen LogP contribution is 2.37. The Morgan fingerprint density at radius 3 is 2.86 bits per heavy atom. The summed E-state index contributed by atoms with van der Waals surface area (Å²) in [6.07, 6.45) is 0.876. The lowest BCUT2D eigenvalue weighted by Crippen LogP contribution is -2.18. The number of para-hydroxylation sites is 1. The van der Waals surface area contributed by atoms with Gasteiger partial charge in [-0.2, -0.15) is 0 Å². The molecule has 108 valence electrons. The maximum Gasteiger partial charge on any atom is 0.155 e. The van der Waals surface area contributed by atoms with Crippen LogP contribution in [-0.4, -0.2) is 11.0 Å². The van der Waals surface area contributed by atoms with Gasteiger partial charge in [-0.1, -0.05) is 45.9 Å². The van der Waals surface area contributed by atoms with E-state index in [1.807, 2.05) is 13.0 Å². The van der Waals surface area contributed by atoms with Crippen LogP contribution in [0.3, 0.4) is 0 Å². The Morgan fingerprint density at radius 2 is 2.10 bits per heavy atom. The predicted octanol–water partition coefficient (Wildman–Crippen LogP) is 5.10.